The molecule has 12 heteroatoms. The van der Waals surface area contributed by atoms with Gasteiger partial charge in [0.05, 0.1) is 16.9 Å². The van der Waals surface area contributed by atoms with Crippen LogP contribution in [-0.2, 0) is 27.9 Å². The Hall–Kier alpha value is -4.81. The second kappa shape index (κ2) is 11.6. The first kappa shape index (κ1) is 28.7. The maximum Gasteiger partial charge on any atom is 0.273 e. The lowest BCUT2D eigenvalue weighted by molar-refractivity contribution is -0.385. The molecule has 0 aliphatic carbocycles. The molecule has 216 valence electrons. The molecule has 1 amide bonds. The van der Waals surface area contributed by atoms with Gasteiger partial charge in [0, 0.05) is 36.8 Å². The molecule has 0 aromatic heterocycles. The summed E-state index contributed by atoms with van der Waals surface area (Å²) in [6.07, 6.45) is 0.201. The number of para-hydroxylation sites is 1. The molecule has 0 spiro atoms. The Bertz CT molecular complexity index is 1810. The molecule has 4 aromatic rings. The van der Waals surface area contributed by atoms with E-state index in [2.05, 4.69) is 0 Å². The van der Waals surface area contributed by atoms with Crippen LogP contribution in [0.1, 0.15) is 23.1 Å². The predicted octanol–water partition coefficient (Wildman–Crippen LogP) is 4.03. The van der Waals surface area contributed by atoms with Crippen molar-refractivity contribution in [2.24, 2.45) is 5.73 Å². The Kier molecular flexibility index (Phi) is 7.92. The molecule has 11 nitrogen and oxygen atoms in total. The maximum absolute atomic E-state index is 14.2. The molecule has 4 aromatic carbocycles. The van der Waals surface area contributed by atoms with Crippen LogP contribution >= 0.6 is 0 Å². The van der Waals surface area contributed by atoms with E-state index in [1.807, 2.05) is 6.07 Å². The molecule has 0 saturated carbocycles. The van der Waals surface area contributed by atoms with Gasteiger partial charge in [0.15, 0.2) is 0 Å². The fraction of sp³-hybridized carbons (Fsp3) is 0.200. The van der Waals surface area contributed by atoms with Gasteiger partial charge in [-0.05, 0) is 53.1 Å². The topological polar surface area (TPSA) is 160 Å². The average molecular weight is 588 g/mol. The molecule has 3 N–H and O–H groups in total. The van der Waals surface area contributed by atoms with E-state index in [0.29, 0.717) is 16.7 Å². The predicted molar refractivity (Wildman–Crippen MR) is 158 cm³/mol. The quantitative estimate of drug-likeness (QED) is 0.123. The molecule has 0 unspecified atom stereocenters. The third kappa shape index (κ3) is 5.67. The van der Waals surface area contributed by atoms with E-state index in [1.54, 1.807) is 53.4 Å². The largest absolute Gasteiger partial charge is 0.497 e. The summed E-state index contributed by atoms with van der Waals surface area (Å²) in [7, 11) is -2.79. The molecule has 42 heavy (non-hydrogen) atoms. The maximum atomic E-state index is 14.2. The van der Waals surface area contributed by atoms with Crippen LogP contribution in [0.2, 0.25) is 0 Å². The number of nitro groups is 1. The highest BCUT2D eigenvalue weighted by Gasteiger charge is 2.42. The zero-order valence-electron chi connectivity index (χ0n) is 22.8. The highest BCUT2D eigenvalue weighted by molar-refractivity contribution is 7.89. The number of sulfonamides is 1. The number of fused-ring (bicyclic) bond motifs is 1. The van der Waals surface area contributed by atoms with E-state index in [9.17, 15) is 23.3 Å². The summed E-state index contributed by atoms with van der Waals surface area (Å²) in [5, 5.41) is 20.9. The standard InChI is InChI=1S/C30H29N5O6S/c1-41-25-11-9-21-10-12-26(17-24(21)16-25)42(39,40)34(19-23-6-2-3-8-27(23)35(37)38)28-13-14-33(30(28)36)18-20-5-4-7-22(15-20)29(31)32/h2-12,15-17,28H,13-14,18-19H2,1H3,(H3,31,32)/t28-/m0/s1. The van der Waals surface area contributed by atoms with Crippen LogP contribution in [-0.4, -0.2) is 54.0 Å². The third-order valence-electron chi connectivity index (χ3n) is 7.37. The van der Waals surface area contributed by atoms with E-state index in [1.165, 1.54) is 37.4 Å². The molecule has 1 atom stereocenters. The van der Waals surface area contributed by atoms with Crippen molar-refractivity contribution in [2.75, 3.05) is 13.7 Å². The Morgan fingerprint density at radius 1 is 1.07 bits per heavy atom. The van der Waals surface area contributed by atoms with Crippen molar-refractivity contribution in [3.05, 3.63) is 112 Å². The monoisotopic (exact) mass is 587 g/mol. The number of hydrogen-bond donors (Lipinski definition) is 2. The van der Waals surface area contributed by atoms with Gasteiger partial charge in [-0.25, -0.2) is 8.42 Å². The molecular formula is C30H29N5O6S. The van der Waals surface area contributed by atoms with E-state index in [4.69, 9.17) is 15.9 Å². The Morgan fingerprint density at radius 2 is 1.83 bits per heavy atom. The first-order valence-electron chi connectivity index (χ1n) is 13.1. The van der Waals surface area contributed by atoms with Crippen molar-refractivity contribution in [1.29, 1.82) is 5.41 Å². The van der Waals surface area contributed by atoms with Gasteiger partial charge in [-0.3, -0.25) is 20.3 Å². The molecule has 0 radical (unpaired) electrons. The lowest BCUT2D eigenvalue weighted by Crippen LogP contribution is -2.44. The fourth-order valence-corrected chi connectivity index (χ4v) is 6.81. The number of benzene rings is 4. The summed E-state index contributed by atoms with van der Waals surface area (Å²) in [5.41, 5.74) is 6.82. The zero-order chi connectivity index (χ0) is 30.0. The number of nitrogens with zero attached hydrogens (tertiary/aromatic N) is 3. The third-order valence-corrected chi connectivity index (χ3v) is 9.22. The number of nitro benzene ring substituents is 1. The number of amides is 1. The molecule has 1 aliphatic heterocycles. The smallest absolute Gasteiger partial charge is 0.273 e. The number of nitrogen functional groups attached to an aromatic ring is 1. The van der Waals surface area contributed by atoms with Crippen LogP contribution in [0.15, 0.2) is 89.8 Å². The van der Waals surface area contributed by atoms with Crippen LogP contribution in [0.5, 0.6) is 5.75 Å². The van der Waals surface area contributed by atoms with E-state index in [-0.39, 0.29) is 48.0 Å². The molecule has 1 heterocycles. The van der Waals surface area contributed by atoms with Crippen molar-refractivity contribution >= 4 is 38.2 Å². The number of nitrogens with two attached hydrogens (primary N) is 1. The van der Waals surface area contributed by atoms with E-state index < -0.39 is 26.9 Å². The number of likely N-dealkylation sites (tertiary alicyclic amines) is 1. The molecule has 1 aliphatic rings. The summed E-state index contributed by atoms with van der Waals surface area (Å²) in [4.78, 5) is 26.5. The minimum Gasteiger partial charge on any atom is -0.497 e. The minimum atomic E-state index is -4.31. The summed E-state index contributed by atoms with van der Waals surface area (Å²) in [5.74, 6) is 0.0503. The highest BCUT2D eigenvalue weighted by Crippen LogP contribution is 2.32. The fourth-order valence-electron chi connectivity index (χ4n) is 5.18. The van der Waals surface area contributed by atoms with Gasteiger partial charge in [0.2, 0.25) is 15.9 Å². The van der Waals surface area contributed by atoms with Crippen molar-refractivity contribution in [3.63, 3.8) is 0 Å². The molecule has 1 fully saturated rings. The van der Waals surface area contributed by atoms with Gasteiger partial charge in [0.1, 0.15) is 17.6 Å². The van der Waals surface area contributed by atoms with Crippen LogP contribution in [0.3, 0.4) is 0 Å². The van der Waals surface area contributed by atoms with Crippen LogP contribution in [0.25, 0.3) is 10.8 Å². The first-order chi connectivity index (χ1) is 20.1. The molecule has 5 rings (SSSR count). The number of carbonyl (C=O) groups excluding carboxylic acids is 1. The lowest BCUT2D eigenvalue weighted by atomic mass is 10.1. The average Bonchev–Trinajstić information content (AvgIpc) is 3.34. The van der Waals surface area contributed by atoms with E-state index >= 15 is 0 Å². The zero-order valence-corrected chi connectivity index (χ0v) is 23.6. The van der Waals surface area contributed by atoms with Gasteiger partial charge >= 0.3 is 0 Å². The van der Waals surface area contributed by atoms with Crippen LogP contribution in [0.4, 0.5) is 5.69 Å². The van der Waals surface area contributed by atoms with Crippen LogP contribution in [0, 0.1) is 15.5 Å². The Labute approximate surface area is 242 Å². The minimum absolute atomic E-state index is 0.0396. The molecule has 1 saturated heterocycles. The number of nitrogens with one attached hydrogen (secondary N) is 1. The van der Waals surface area contributed by atoms with E-state index in [0.717, 1.165) is 15.3 Å². The van der Waals surface area contributed by atoms with Gasteiger partial charge in [-0.1, -0.05) is 48.5 Å². The number of rotatable bonds is 10. The van der Waals surface area contributed by atoms with Crippen molar-refractivity contribution in [3.8, 4) is 5.75 Å². The van der Waals surface area contributed by atoms with Gasteiger partial charge < -0.3 is 15.4 Å². The second-order valence-electron chi connectivity index (χ2n) is 9.99. The van der Waals surface area contributed by atoms with Gasteiger partial charge in [-0.2, -0.15) is 4.31 Å². The summed E-state index contributed by atoms with van der Waals surface area (Å²) in [6.45, 7) is 0.122. The van der Waals surface area contributed by atoms with Crippen molar-refractivity contribution in [2.45, 2.75) is 30.4 Å². The Morgan fingerprint density at radius 3 is 2.57 bits per heavy atom. The summed E-state index contributed by atoms with van der Waals surface area (Å²) >= 11 is 0. The van der Waals surface area contributed by atoms with Crippen LogP contribution < -0.4 is 10.5 Å². The van der Waals surface area contributed by atoms with Gasteiger partial charge in [-0.15, -0.1) is 0 Å². The van der Waals surface area contributed by atoms with Crippen molar-refractivity contribution < 1.29 is 22.9 Å². The van der Waals surface area contributed by atoms with Gasteiger partial charge in [0.25, 0.3) is 5.69 Å². The summed E-state index contributed by atoms with van der Waals surface area (Å²) < 4.78 is 34.9. The highest BCUT2D eigenvalue weighted by atomic mass is 32.2. The number of carbonyl (C=O) groups is 1. The molecular weight excluding hydrogens is 558 g/mol. The molecule has 0 bridgehead atoms. The SMILES string of the molecule is COc1ccc2ccc(S(=O)(=O)N(Cc3ccccc3[N+](=O)[O-])[C@H]3CCN(Cc4cccc(C(=N)N)c4)C3=O)cc2c1. The number of amidine groups is 1. The lowest BCUT2D eigenvalue weighted by Gasteiger charge is -2.27. The number of hydrogen-bond acceptors (Lipinski definition) is 7. The first-order valence-corrected chi connectivity index (χ1v) is 14.6. The normalized spacial score (nSPS) is 15.3. The second-order valence-corrected chi connectivity index (χ2v) is 11.9. The summed E-state index contributed by atoms with van der Waals surface area (Å²) in [6, 6.07) is 21.8. The van der Waals surface area contributed by atoms with Crippen molar-refractivity contribution in [1.82, 2.24) is 9.21 Å². The number of methoxy groups -OCH3 is 1. The number of ether oxygens (including phenoxy) is 1. The Balaban J connectivity index is 1.53.